The molecule has 4 heterocycles. The lowest BCUT2D eigenvalue weighted by molar-refractivity contribution is 0.0438. The van der Waals surface area contributed by atoms with Crippen molar-refractivity contribution in [2.24, 2.45) is 0 Å². The molecule has 0 aromatic carbocycles. The molecule has 2 fully saturated rings. The number of fused-ring (bicyclic) bond motifs is 1. The first-order valence-corrected chi connectivity index (χ1v) is 9.21. The van der Waals surface area contributed by atoms with Gasteiger partial charge in [-0.2, -0.15) is 0 Å². The maximum atomic E-state index is 6.15. The number of hydrogen-bond donors (Lipinski definition) is 0. The third-order valence-corrected chi connectivity index (χ3v) is 5.25. The first-order chi connectivity index (χ1) is 12.2. The average Bonchev–Trinajstić information content (AvgIpc) is 3.18. The third-order valence-electron chi connectivity index (χ3n) is 5.25. The quantitative estimate of drug-likeness (QED) is 0.836. The lowest BCUT2D eigenvalue weighted by Crippen LogP contribution is -2.49. The van der Waals surface area contributed by atoms with Gasteiger partial charge in [-0.25, -0.2) is 0 Å². The second-order valence-electron chi connectivity index (χ2n) is 7.34. The summed E-state index contributed by atoms with van der Waals surface area (Å²) in [5.41, 5.74) is 2.08. The molecule has 2 aliphatic rings. The highest BCUT2D eigenvalue weighted by Crippen LogP contribution is 2.25. The van der Waals surface area contributed by atoms with Crippen molar-refractivity contribution in [1.29, 1.82) is 0 Å². The summed E-state index contributed by atoms with van der Waals surface area (Å²) in [7, 11) is 0. The normalized spacial score (nSPS) is 24.6. The second-order valence-corrected chi connectivity index (χ2v) is 7.34. The first-order valence-electron chi connectivity index (χ1n) is 9.21. The Bertz CT molecular complexity index is 714. The predicted molar refractivity (Wildman–Crippen MR) is 96.3 cm³/mol. The smallest absolute Gasteiger partial charge is 0.118 e. The van der Waals surface area contributed by atoms with Crippen LogP contribution in [0.4, 0.5) is 0 Å². The Morgan fingerprint density at radius 2 is 2.08 bits per heavy atom. The number of ether oxygens (including phenoxy) is 1. The van der Waals surface area contributed by atoms with Crippen LogP contribution in [-0.4, -0.2) is 53.1 Å². The van der Waals surface area contributed by atoms with Crippen molar-refractivity contribution in [1.82, 2.24) is 14.8 Å². The number of aryl methyl sites for hydroxylation is 2. The zero-order valence-electron chi connectivity index (χ0n) is 15.1. The topological polar surface area (TPSA) is 41.7 Å². The van der Waals surface area contributed by atoms with Gasteiger partial charge in [-0.15, -0.1) is 0 Å². The minimum atomic E-state index is 0.318. The Labute approximate surface area is 149 Å². The van der Waals surface area contributed by atoms with Gasteiger partial charge in [-0.05, 0) is 44.5 Å². The number of aromatic nitrogens is 1. The Morgan fingerprint density at radius 1 is 1.16 bits per heavy atom. The first kappa shape index (κ1) is 16.8. The molecule has 2 saturated heterocycles. The fourth-order valence-electron chi connectivity index (χ4n) is 4.00. The molecule has 2 atom stereocenters. The van der Waals surface area contributed by atoms with Crippen LogP contribution in [0, 0.1) is 13.8 Å². The molecule has 134 valence electrons. The van der Waals surface area contributed by atoms with E-state index < -0.39 is 0 Å². The van der Waals surface area contributed by atoms with Crippen molar-refractivity contribution in [3.63, 3.8) is 0 Å². The highest BCUT2D eigenvalue weighted by Gasteiger charge is 2.36. The zero-order valence-corrected chi connectivity index (χ0v) is 15.1. The number of rotatable bonds is 5. The molecule has 0 bridgehead atoms. The highest BCUT2D eigenvalue weighted by molar-refractivity contribution is 5.09. The van der Waals surface area contributed by atoms with Crippen molar-refractivity contribution in [3.8, 4) is 0 Å². The van der Waals surface area contributed by atoms with Crippen LogP contribution >= 0.6 is 0 Å². The molecule has 0 aliphatic carbocycles. The summed E-state index contributed by atoms with van der Waals surface area (Å²) in [4.78, 5) is 9.61. The predicted octanol–water partition coefficient (Wildman–Crippen LogP) is 2.77. The fraction of sp³-hybridized carbons (Fsp3) is 0.550. The standard InChI is InChI=1S/C20H27N3O2/c1-15-4-3-5-17(21-15)14-24-20-10-18-11-22(8-9-23(18)13-20)12-19-7-6-16(2)25-19/h3-7,18,20H,8-14H2,1-2H3/t18-,20-/m1/s1. The minimum absolute atomic E-state index is 0.318. The van der Waals surface area contributed by atoms with Crippen LogP contribution in [0.25, 0.3) is 0 Å². The lowest BCUT2D eigenvalue weighted by Gasteiger charge is -2.36. The maximum Gasteiger partial charge on any atom is 0.118 e. The SMILES string of the molecule is Cc1cccc(CO[C@@H]2C[C@@H]3CN(Cc4ccc(C)o4)CCN3C2)n1. The van der Waals surface area contributed by atoms with E-state index in [0.717, 1.165) is 62.1 Å². The van der Waals surface area contributed by atoms with E-state index in [0.29, 0.717) is 18.8 Å². The van der Waals surface area contributed by atoms with Crippen LogP contribution in [-0.2, 0) is 17.9 Å². The van der Waals surface area contributed by atoms with Gasteiger partial charge < -0.3 is 9.15 Å². The Morgan fingerprint density at radius 3 is 2.88 bits per heavy atom. The van der Waals surface area contributed by atoms with Crippen LogP contribution < -0.4 is 0 Å². The summed E-state index contributed by atoms with van der Waals surface area (Å²) < 4.78 is 11.9. The van der Waals surface area contributed by atoms with Gasteiger partial charge in [0.1, 0.15) is 11.5 Å². The van der Waals surface area contributed by atoms with Crippen molar-refractivity contribution in [2.75, 3.05) is 26.2 Å². The van der Waals surface area contributed by atoms with Gasteiger partial charge in [-0.3, -0.25) is 14.8 Å². The van der Waals surface area contributed by atoms with Gasteiger partial charge in [0.2, 0.25) is 0 Å². The summed E-state index contributed by atoms with van der Waals surface area (Å²) in [5, 5.41) is 0. The van der Waals surface area contributed by atoms with Crippen LogP contribution in [0.3, 0.4) is 0 Å². The fourth-order valence-corrected chi connectivity index (χ4v) is 4.00. The molecule has 25 heavy (non-hydrogen) atoms. The zero-order chi connectivity index (χ0) is 17.2. The van der Waals surface area contributed by atoms with E-state index in [-0.39, 0.29) is 0 Å². The van der Waals surface area contributed by atoms with E-state index in [4.69, 9.17) is 9.15 Å². The summed E-state index contributed by atoms with van der Waals surface area (Å²) in [6.45, 7) is 9.92. The Kier molecular flexibility index (Phi) is 4.88. The van der Waals surface area contributed by atoms with E-state index in [9.17, 15) is 0 Å². The van der Waals surface area contributed by atoms with Gasteiger partial charge in [-0.1, -0.05) is 6.07 Å². The number of furan rings is 1. The maximum absolute atomic E-state index is 6.15. The lowest BCUT2D eigenvalue weighted by atomic mass is 10.1. The molecule has 0 saturated carbocycles. The molecule has 2 aromatic heterocycles. The van der Waals surface area contributed by atoms with Gasteiger partial charge >= 0.3 is 0 Å². The number of piperazine rings is 1. The van der Waals surface area contributed by atoms with Gasteiger partial charge in [0, 0.05) is 37.9 Å². The van der Waals surface area contributed by atoms with Crippen LogP contribution in [0.1, 0.15) is 29.3 Å². The number of hydrogen-bond acceptors (Lipinski definition) is 5. The number of pyridine rings is 1. The van der Waals surface area contributed by atoms with Crippen LogP contribution in [0.5, 0.6) is 0 Å². The third kappa shape index (κ3) is 4.11. The molecule has 0 unspecified atom stereocenters. The van der Waals surface area contributed by atoms with Crippen molar-refractivity contribution in [2.45, 2.75) is 45.6 Å². The summed E-state index contributed by atoms with van der Waals surface area (Å²) >= 11 is 0. The average molecular weight is 341 g/mol. The van der Waals surface area contributed by atoms with E-state index in [1.165, 1.54) is 0 Å². The monoisotopic (exact) mass is 341 g/mol. The molecular weight excluding hydrogens is 314 g/mol. The molecule has 2 aromatic rings. The van der Waals surface area contributed by atoms with Crippen molar-refractivity contribution < 1.29 is 9.15 Å². The Hall–Kier alpha value is -1.69. The minimum Gasteiger partial charge on any atom is -0.465 e. The molecule has 0 N–H and O–H groups in total. The van der Waals surface area contributed by atoms with Crippen LogP contribution in [0.15, 0.2) is 34.7 Å². The highest BCUT2D eigenvalue weighted by atomic mass is 16.5. The molecule has 5 heteroatoms. The second kappa shape index (κ2) is 7.28. The molecular formula is C20H27N3O2. The van der Waals surface area contributed by atoms with Gasteiger partial charge in [0.15, 0.2) is 0 Å². The van der Waals surface area contributed by atoms with Gasteiger partial charge in [0.05, 0.1) is 24.9 Å². The van der Waals surface area contributed by atoms with Crippen molar-refractivity contribution in [3.05, 3.63) is 53.2 Å². The van der Waals surface area contributed by atoms with E-state index >= 15 is 0 Å². The Balaban J connectivity index is 1.28. The van der Waals surface area contributed by atoms with E-state index in [1.54, 1.807) is 0 Å². The molecule has 0 spiro atoms. The largest absolute Gasteiger partial charge is 0.465 e. The molecule has 5 nitrogen and oxygen atoms in total. The molecule has 2 aliphatic heterocycles. The van der Waals surface area contributed by atoms with E-state index in [2.05, 4.69) is 20.9 Å². The summed E-state index contributed by atoms with van der Waals surface area (Å²) in [6.07, 6.45) is 1.43. The van der Waals surface area contributed by atoms with E-state index in [1.807, 2.05) is 38.1 Å². The molecule has 0 amide bonds. The molecule has 4 rings (SSSR count). The summed E-state index contributed by atoms with van der Waals surface area (Å²) in [5.74, 6) is 2.06. The number of nitrogens with zero attached hydrogens (tertiary/aromatic N) is 3. The summed E-state index contributed by atoms with van der Waals surface area (Å²) in [6, 6.07) is 10.9. The van der Waals surface area contributed by atoms with Crippen LogP contribution in [0.2, 0.25) is 0 Å². The van der Waals surface area contributed by atoms with Gasteiger partial charge in [0.25, 0.3) is 0 Å². The van der Waals surface area contributed by atoms with Crippen molar-refractivity contribution >= 4 is 0 Å². The molecule has 0 radical (unpaired) electrons.